The molecule has 5 heteroatoms. The van der Waals surface area contributed by atoms with Gasteiger partial charge in [-0.15, -0.1) is 0 Å². The minimum absolute atomic E-state index is 0.0147. The number of rotatable bonds is 4. The molecule has 1 N–H and O–H groups in total. The van der Waals surface area contributed by atoms with Crippen molar-refractivity contribution in [3.63, 3.8) is 0 Å². The molecule has 96 valence electrons. The average Bonchev–Trinajstić information content (AvgIpc) is 2.36. The van der Waals surface area contributed by atoms with Crippen LogP contribution < -0.4 is 5.32 Å². The highest BCUT2D eigenvalue weighted by Gasteiger charge is 2.13. The maximum atomic E-state index is 13.1. The fourth-order valence-electron chi connectivity index (χ4n) is 1.51. The van der Waals surface area contributed by atoms with Crippen LogP contribution in [0.1, 0.15) is 18.1 Å². The molecular formula is C13H16FN3O. The highest BCUT2D eigenvalue weighted by molar-refractivity contribution is 5.80. The highest BCUT2D eigenvalue weighted by atomic mass is 19.1. The van der Waals surface area contributed by atoms with Gasteiger partial charge >= 0.3 is 0 Å². The predicted octanol–water partition coefficient (Wildman–Crippen LogP) is 1.26. The van der Waals surface area contributed by atoms with Crippen molar-refractivity contribution < 1.29 is 9.18 Å². The van der Waals surface area contributed by atoms with Gasteiger partial charge in [-0.1, -0.05) is 6.07 Å². The fraction of sp³-hybridized carbons (Fsp3) is 0.385. The van der Waals surface area contributed by atoms with E-state index in [2.05, 4.69) is 5.32 Å². The van der Waals surface area contributed by atoms with E-state index in [1.807, 2.05) is 0 Å². The summed E-state index contributed by atoms with van der Waals surface area (Å²) in [6, 6.07) is 5.80. The molecule has 1 atom stereocenters. The number of nitrogens with one attached hydrogen (secondary N) is 1. The lowest BCUT2D eigenvalue weighted by atomic mass is 10.1. The molecule has 1 unspecified atom stereocenters. The SMILES string of the molecule is CC(NCc1ccc(F)c(C#N)c1)C(=O)N(C)C. The van der Waals surface area contributed by atoms with Crippen molar-refractivity contribution in [2.75, 3.05) is 14.1 Å². The lowest BCUT2D eigenvalue weighted by molar-refractivity contribution is -0.130. The molecule has 0 aliphatic rings. The topological polar surface area (TPSA) is 56.1 Å². The number of likely N-dealkylation sites (N-methyl/N-ethyl adjacent to an activating group) is 1. The van der Waals surface area contributed by atoms with Crippen molar-refractivity contribution in [2.45, 2.75) is 19.5 Å². The molecule has 0 spiro atoms. The van der Waals surface area contributed by atoms with Crippen LogP contribution in [0, 0.1) is 17.1 Å². The summed E-state index contributed by atoms with van der Waals surface area (Å²) in [6.45, 7) is 2.17. The van der Waals surface area contributed by atoms with E-state index in [0.717, 1.165) is 5.56 Å². The lowest BCUT2D eigenvalue weighted by Gasteiger charge is -2.18. The number of nitriles is 1. The van der Waals surface area contributed by atoms with Gasteiger partial charge in [-0.3, -0.25) is 4.79 Å². The summed E-state index contributed by atoms with van der Waals surface area (Å²) in [6.07, 6.45) is 0. The predicted molar refractivity (Wildman–Crippen MR) is 66.1 cm³/mol. The van der Waals surface area contributed by atoms with Crippen LogP contribution in [0.3, 0.4) is 0 Å². The van der Waals surface area contributed by atoms with E-state index in [0.29, 0.717) is 6.54 Å². The Bertz CT molecular complexity index is 480. The van der Waals surface area contributed by atoms with Gasteiger partial charge in [-0.05, 0) is 24.6 Å². The monoisotopic (exact) mass is 249 g/mol. The first-order valence-corrected chi connectivity index (χ1v) is 5.58. The van der Waals surface area contributed by atoms with Crippen molar-refractivity contribution in [3.8, 4) is 6.07 Å². The van der Waals surface area contributed by atoms with Crippen molar-refractivity contribution >= 4 is 5.91 Å². The number of hydrogen-bond donors (Lipinski definition) is 1. The van der Waals surface area contributed by atoms with Crippen molar-refractivity contribution in [1.82, 2.24) is 10.2 Å². The summed E-state index contributed by atoms with van der Waals surface area (Å²) >= 11 is 0. The standard InChI is InChI=1S/C13H16FN3O/c1-9(13(18)17(2)3)16-8-10-4-5-12(14)11(6-10)7-15/h4-6,9,16H,8H2,1-3H3. The van der Waals surface area contributed by atoms with Crippen molar-refractivity contribution in [1.29, 1.82) is 5.26 Å². The molecule has 1 aromatic rings. The smallest absolute Gasteiger partial charge is 0.238 e. The zero-order valence-electron chi connectivity index (χ0n) is 10.7. The Morgan fingerprint density at radius 2 is 2.22 bits per heavy atom. The summed E-state index contributed by atoms with van der Waals surface area (Å²) < 4.78 is 13.1. The van der Waals surface area contributed by atoms with Gasteiger partial charge < -0.3 is 10.2 Å². The van der Waals surface area contributed by atoms with Crippen LogP contribution in [0.2, 0.25) is 0 Å². The number of benzene rings is 1. The van der Waals surface area contributed by atoms with Gasteiger partial charge in [-0.2, -0.15) is 5.26 Å². The average molecular weight is 249 g/mol. The Balaban J connectivity index is 2.65. The van der Waals surface area contributed by atoms with Crippen LogP contribution >= 0.6 is 0 Å². The molecule has 0 saturated carbocycles. The normalized spacial score (nSPS) is 11.7. The third-order valence-electron chi connectivity index (χ3n) is 2.57. The second-order valence-electron chi connectivity index (χ2n) is 4.26. The first-order chi connectivity index (χ1) is 8.45. The van der Waals surface area contributed by atoms with Gasteiger partial charge in [0, 0.05) is 20.6 Å². The van der Waals surface area contributed by atoms with Crippen LogP contribution in [0.15, 0.2) is 18.2 Å². The molecule has 0 fully saturated rings. The largest absolute Gasteiger partial charge is 0.347 e. The van der Waals surface area contributed by atoms with Crippen LogP contribution in [-0.2, 0) is 11.3 Å². The number of halogens is 1. The number of carbonyl (C=O) groups is 1. The van der Waals surface area contributed by atoms with E-state index in [1.54, 1.807) is 33.2 Å². The Kier molecular flexibility index (Phi) is 4.81. The summed E-state index contributed by atoms with van der Waals surface area (Å²) in [7, 11) is 3.37. The molecular weight excluding hydrogens is 233 g/mol. The quantitative estimate of drug-likeness (QED) is 0.874. The Labute approximate surface area is 106 Å². The molecule has 1 amide bonds. The maximum Gasteiger partial charge on any atom is 0.238 e. The minimum Gasteiger partial charge on any atom is -0.347 e. The molecule has 0 saturated heterocycles. The number of amides is 1. The Hall–Kier alpha value is -1.93. The Morgan fingerprint density at radius 3 is 2.78 bits per heavy atom. The molecule has 0 aromatic heterocycles. The first kappa shape index (κ1) is 14.1. The highest BCUT2D eigenvalue weighted by Crippen LogP contribution is 2.09. The second-order valence-corrected chi connectivity index (χ2v) is 4.26. The second kappa shape index (κ2) is 6.12. The lowest BCUT2D eigenvalue weighted by Crippen LogP contribution is -2.41. The van der Waals surface area contributed by atoms with Crippen molar-refractivity contribution in [3.05, 3.63) is 35.1 Å². The molecule has 0 aliphatic heterocycles. The molecule has 0 bridgehead atoms. The zero-order valence-corrected chi connectivity index (χ0v) is 10.7. The first-order valence-electron chi connectivity index (χ1n) is 5.58. The van der Waals surface area contributed by atoms with Crippen LogP contribution in [0.5, 0.6) is 0 Å². The van der Waals surface area contributed by atoms with Gasteiger partial charge in [0.1, 0.15) is 11.9 Å². The molecule has 1 rings (SSSR count). The van der Waals surface area contributed by atoms with E-state index in [9.17, 15) is 9.18 Å². The van der Waals surface area contributed by atoms with E-state index in [4.69, 9.17) is 5.26 Å². The van der Waals surface area contributed by atoms with Crippen molar-refractivity contribution in [2.24, 2.45) is 0 Å². The van der Waals surface area contributed by atoms with E-state index >= 15 is 0 Å². The fourth-order valence-corrected chi connectivity index (χ4v) is 1.51. The van der Waals surface area contributed by atoms with E-state index in [-0.39, 0.29) is 17.5 Å². The molecule has 0 radical (unpaired) electrons. The van der Waals surface area contributed by atoms with Crippen LogP contribution in [0.25, 0.3) is 0 Å². The van der Waals surface area contributed by atoms with Gasteiger partial charge in [-0.25, -0.2) is 4.39 Å². The Morgan fingerprint density at radius 1 is 1.56 bits per heavy atom. The summed E-state index contributed by atoms with van der Waals surface area (Å²) in [5.74, 6) is -0.559. The van der Waals surface area contributed by atoms with E-state index < -0.39 is 5.82 Å². The molecule has 0 heterocycles. The van der Waals surface area contributed by atoms with Gasteiger partial charge in [0.25, 0.3) is 0 Å². The third-order valence-corrected chi connectivity index (χ3v) is 2.57. The van der Waals surface area contributed by atoms with Gasteiger partial charge in [0.05, 0.1) is 11.6 Å². The number of nitrogens with zero attached hydrogens (tertiary/aromatic N) is 2. The van der Waals surface area contributed by atoms with Crippen LogP contribution in [0.4, 0.5) is 4.39 Å². The molecule has 0 aliphatic carbocycles. The molecule has 4 nitrogen and oxygen atoms in total. The molecule has 18 heavy (non-hydrogen) atoms. The number of carbonyl (C=O) groups excluding carboxylic acids is 1. The van der Waals surface area contributed by atoms with E-state index in [1.165, 1.54) is 17.0 Å². The summed E-state index contributed by atoms with van der Waals surface area (Å²) in [4.78, 5) is 13.1. The summed E-state index contributed by atoms with van der Waals surface area (Å²) in [5, 5.41) is 11.7. The molecule has 1 aromatic carbocycles. The maximum absolute atomic E-state index is 13.1. The minimum atomic E-state index is -0.529. The third kappa shape index (κ3) is 3.54. The van der Waals surface area contributed by atoms with Crippen LogP contribution in [-0.4, -0.2) is 30.9 Å². The van der Waals surface area contributed by atoms with Gasteiger partial charge in [0.2, 0.25) is 5.91 Å². The number of hydrogen-bond acceptors (Lipinski definition) is 3. The summed E-state index contributed by atoms with van der Waals surface area (Å²) in [5.41, 5.74) is 0.784. The zero-order chi connectivity index (χ0) is 13.7. The van der Waals surface area contributed by atoms with Gasteiger partial charge in [0.15, 0.2) is 0 Å².